The number of amides is 1. The predicted molar refractivity (Wildman–Crippen MR) is 95.8 cm³/mol. The highest BCUT2D eigenvalue weighted by molar-refractivity contribution is 5.94. The molecule has 1 aliphatic carbocycles. The van der Waals surface area contributed by atoms with Gasteiger partial charge in [-0.3, -0.25) is 9.20 Å². The van der Waals surface area contributed by atoms with Crippen molar-refractivity contribution < 1.29 is 13.7 Å². The number of rotatable bonds is 5. The molecule has 140 valence electrons. The van der Waals surface area contributed by atoms with Gasteiger partial charge in [-0.15, -0.1) is 10.2 Å². The summed E-state index contributed by atoms with van der Waals surface area (Å²) in [4.78, 5) is 16.7. The van der Waals surface area contributed by atoms with E-state index >= 15 is 0 Å². The van der Waals surface area contributed by atoms with E-state index in [4.69, 9.17) is 4.52 Å². The van der Waals surface area contributed by atoms with E-state index in [0.717, 1.165) is 18.7 Å². The van der Waals surface area contributed by atoms with E-state index in [1.54, 1.807) is 16.7 Å². The monoisotopic (exact) mass is 378 g/mol. The van der Waals surface area contributed by atoms with Crippen LogP contribution in [-0.4, -0.2) is 30.6 Å². The number of fused-ring (bicyclic) bond motifs is 1. The van der Waals surface area contributed by atoms with Crippen LogP contribution in [0.15, 0.2) is 47.1 Å². The number of nitrogens with one attached hydrogen (secondary N) is 1. The number of nitrogens with zero attached hydrogens (tertiary/aromatic N) is 5. The van der Waals surface area contributed by atoms with Gasteiger partial charge in [0.25, 0.3) is 11.8 Å². The molecule has 0 aliphatic heterocycles. The molecule has 1 amide bonds. The first-order valence-corrected chi connectivity index (χ1v) is 8.89. The Morgan fingerprint density at radius 2 is 2.14 bits per heavy atom. The fourth-order valence-corrected chi connectivity index (χ4v) is 2.99. The second-order valence-corrected chi connectivity index (χ2v) is 6.66. The van der Waals surface area contributed by atoms with Gasteiger partial charge in [0.2, 0.25) is 0 Å². The summed E-state index contributed by atoms with van der Waals surface area (Å²) in [6, 6.07) is 9.17. The highest BCUT2D eigenvalue weighted by Crippen LogP contribution is 2.39. The molecule has 0 radical (unpaired) electrons. The number of hydrogen-bond acceptors (Lipinski definition) is 6. The molecule has 0 spiro atoms. The van der Waals surface area contributed by atoms with Gasteiger partial charge in [-0.05, 0) is 43.2 Å². The van der Waals surface area contributed by atoms with Crippen molar-refractivity contribution in [3.05, 3.63) is 65.6 Å². The Hall–Kier alpha value is -3.62. The zero-order valence-corrected chi connectivity index (χ0v) is 14.7. The Morgan fingerprint density at radius 1 is 1.25 bits per heavy atom. The Morgan fingerprint density at radius 3 is 2.96 bits per heavy atom. The van der Waals surface area contributed by atoms with E-state index in [1.165, 1.54) is 18.2 Å². The number of aromatic nitrogens is 5. The second kappa shape index (κ2) is 6.52. The number of carbonyl (C=O) groups excluding carboxylic acids is 1. The van der Waals surface area contributed by atoms with E-state index in [0.29, 0.717) is 28.8 Å². The van der Waals surface area contributed by atoms with Crippen LogP contribution in [0, 0.1) is 5.82 Å². The second-order valence-electron chi connectivity index (χ2n) is 6.66. The third-order valence-corrected chi connectivity index (χ3v) is 4.61. The van der Waals surface area contributed by atoms with E-state index in [9.17, 15) is 9.18 Å². The van der Waals surface area contributed by atoms with E-state index < -0.39 is 11.7 Å². The minimum atomic E-state index is -0.463. The molecular formula is C19H15FN6O2. The van der Waals surface area contributed by atoms with Crippen molar-refractivity contribution in [1.82, 2.24) is 30.1 Å². The van der Waals surface area contributed by atoms with E-state index in [1.807, 2.05) is 12.1 Å². The van der Waals surface area contributed by atoms with Gasteiger partial charge in [0.05, 0.1) is 12.1 Å². The Kier molecular flexibility index (Phi) is 3.85. The molecule has 3 heterocycles. The van der Waals surface area contributed by atoms with Crippen LogP contribution in [0.25, 0.3) is 17.1 Å². The summed E-state index contributed by atoms with van der Waals surface area (Å²) in [6.45, 7) is 0.136. The minimum Gasteiger partial charge on any atom is -0.345 e. The van der Waals surface area contributed by atoms with Gasteiger partial charge in [0.15, 0.2) is 17.3 Å². The fourth-order valence-electron chi connectivity index (χ4n) is 2.99. The molecule has 0 saturated heterocycles. The molecule has 1 fully saturated rings. The number of benzene rings is 1. The Labute approximate surface area is 158 Å². The van der Waals surface area contributed by atoms with Crippen molar-refractivity contribution in [2.45, 2.75) is 25.3 Å². The molecule has 9 heteroatoms. The van der Waals surface area contributed by atoms with Gasteiger partial charge in [0.1, 0.15) is 5.82 Å². The van der Waals surface area contributed by atoms with Gasteiger partial charge in [-0.25, -0.2) is 4.39 Å². The molecule has 28 heavy (non-hydrogen) atoms. The summed E-state index contributed by atoms with van der Waals surface area (Å²) in [5, 5.41) is 15.1. The normalized spacial score (nSPS) is 13.8. The molecule has 0 atom stereocenters. The van der Waals surface area contributed by atoms with Crippen molar-refractivity contribution in [2.75, 3.05) is 0 Å². The molecule has 3 aromatic heterocycles. The lowest BCUT2D eigenvalue weighted by Crippen LogP contribution is -2.24. The topological polar surface area (TPSA) is 98.2 Å². The highest BCUT2D eigenvalue weighted by Gasteiger charge is 2.29. The molecule has 5 rings (SSSR count). The SMILES string of the molecule is O=C(NCc1nnc2c(-c3nc(C4CC4)no3)cccn12)c1cccc(F)c1. The smallest absolute Gasteiger partial charge is 0.261 e. The molecule has 1 aromatic carbocycles. The van der Waals surface area contributed by atoms with Crippen LogP contribution in [0.4, 0.5) is 4.39 Å². The lowest BCUT2D eigenvalue weighted by Gasteiger charge is -2.05. The number of hydrogen-bond donors (Lipinski definition) is 1. The van der Waals surface area contributed by atoms with Crippen LogP contribution in [0.5, 0.6) is 0 Å². The molecule has 0 unspecified atom stereocenters. The van der Waals surface area contributed by atoms with Crippen LogP contribution < -0.4 is 5.32 Å². The highest BCUT2D eigenvalue weighted by atomic mass is 19.1. The van der Waals surface area contributed by atoms with Crippen LogP contribution in [-0.2, 0) is 6.54 Å². The zero-order chi connectivity index (χ0) is 19.1. The summed E-state index contributed by atoms with van der Waals surface area (Å²) in [7, 11) is 0. The maximum atomic E-state index is 13.3. The molecule has 1 aliphatic rings. The van der Waals surface area contributed by atoms with Gasteiger partial charge < -0.3 is 9.84 Å². The average Bonchev–Trinajstić information content (AvgIpc) is 3.29. The van der Waals surface area contributed by atoms with Crippen LogP contribution in [0.2, 0.25) is 0 Å². The van der Waals surface area contributed by atoms with Gasteiger partial charge in [-0.1, -0.05) is 11.2 Å². The summed E-state index contributed by atoms with van der Waals surface area (Å²) in [5.41, 5.74) is 1.48. The average molecular weight is 378 g/mol. The van der Waals surface area contributed by atoms with Gasteiger partial charge >= 0.3 is 0 Å². The third kappa shape index (κ3) is 3.00. The van der Waals surface area contributed by atoms with Crippen molar-refractivity contribution in [3.8, 4) is 11.5 Å². The summed E-state index contributed by atoms with van der Waals surface area (Å²) < 4.78 is 20.4. The molecular weight excluding hydrogens is 363 g/mol. The molecule has 1 saturated carbocycles. The number of carbonyl (C=O) groups is 1. The number of halogens is 1. The van der Waals surface area contributed by atoms with Gasteiger partial charge in [0, 0.05) is 17.7 Å². The predicted octanol–water partition coefficient (Wildman–Crippen LogP) is 2.73. The maximum absolute atomic E-state index is 13.3. The lowest BCUT2D eigenvalue weighted by molar-refractivity contribution is 0.0949. The zero-order valence-electron chi connectivity index (χ0n) is 14.7. The van der Waals surface area contributed by atoms with Crippen LogP contribution in [0.1, 0.15) is 40.8 Å². The molecule has 4 aromatic rings. The largest absolute Gasteiger partial charge is 0.345 e. The Balaban J connectivity index is 1.39. The molecule has 8 nitrogen and oxygen atoms in total. The number of pyridine rings is 1. The van der Waals surface area contributed by atoms with Crippen molar-refractivity contribution in [1.29, 1.82) is 0 Å². The lowest BCUT2D eigenvalue weighted by atomic mass is 10.2. The third-order valence-electron chi connectivity index (χ3n) is 4.61. The minimum absolute atomic E-state index is 0.136. The summed E-state index contributed by atoms with van der Waals surface area (Å²) >= 11 is 0. The van der Waals surface area contributed by atoms with Crippen LogP contribution >= 0.6 is 0 Å². The van der Waals surface area contributed by atoms with Crippen molar-refractivity contribution >= 4 is 11.6 Å². The Bertz CT molecular complexity index is 1180. The van der Waals surface area contributed by atoms with Crippen LogP contribution in [0.3, 0.4) is 0 Å². The van der Waals surface area contributed by atoms with E-state index in [-0.39, 0.29) is 12.1 Å². The van der Waals surface area contributed by atoms with E-state index in [2.05, 4.69) is 25.7 Å². The summed E-state index contributed by atoms with van der Waals surface area (Å²) in [6.07, 6.45) is 3.97. The fraction of sp³-hybridized carbons (Fsp3) is 0.211. The van der Waals surface area contributed by atoms with Crippen molar-refractivity contribution in [2.24, 2.45) is 0 Å². The standard InChI is InChI=1S/C19H15FN6O2/c20-13-4-1-3-12(9-13)18(27)21-10-15-23-24-17-14(5-2-8-26(15)17)19-22-16(25-28-19)11-6-7-11/h1-5,8-9,11H,6-7,10H2,(H,21,27). The van der Waals surface area contributed by atoms with Gasteiger partial charge in [-0.2, -0.15) is 4.98 Å². The molecule has 0 bridgehead atoms. The maximum Gasteiger partial charge on any atom is 0.261 e. The molecule has 1 N–H and O–H groups in total. The van der Waals surface area contributed by atoms with Crippen molar-refractivity contribution in [3.63, 3.8) is 0 Å². The summed E-state index contributed by atoms with van der Waals surface area (Å²) in [5.74, 6) is 1.19. The quantitative estimate of drug-likeness (QED) is 0.573. The first-order chi connectivity index (χ1) is 13.7. The first kappa shape index (κ1) is 16.5. The first-order valence-electron chi connectivity index (χ1n) is 8.89.